The Morgan fingerprint density at radius 1 is 1.70 bits per heavy atom. The van der Waals surface area contributed by atoms with Gasteiger partial charge in [0.05, 0.1) is 6.20 Å². The van der Waals surface area contributed by atoms with Crippen LogP contribution in [0, 0.1) is 10.1 Å². The molecule has 1 aromatic heterocycles. The van der Waals surface area contributed by atoms with Gasteiger partial charge in [-0.25, -0.2) is 4.98 Å². The number of nitro groups is 1. The molecule has 0 spiro atoms. The molecular weight excluding hydrogens is 138 g/mol. The van der Waals surface area contributed by atoms with E-state index in [1.165, 1.54) is 0 Å². The van der Waals surface area contributed by atoms with Crippen LogP contribution in [0.2, 0.25) is 0 Å². The van der Waals surface area contributed by atoms with E-state index >= 15 is 0 Å². The Morgan fingerprint density at radius 2 is 2.40 bits per heavy atom. The zero-order valence-electron chi connectivity index (χ0n) is 4.76. The third-order valence-electron chi connectivity index (χ3n) is 0.846. The Labute approximate surface area is 55.3 Å². The third-order valence-corrected chi connectivity index (χ3v) is 0.846. The molecule has 0 fully saturated rings. The molecule has 6 heteroatoms. The summed E-state index contributed by atoms with van der Waals surface area (Å²) in [6.45, 7) is 0. The van der Waals surface area contributed by atoms with Crippen molar-refractivity contribution in [1.82, 2.24) is 9.97 Å². The summed E-state index contributed by atoms with van der Waals surface area (Å²) in [6.07, 6.45) is 1.96. The van der Waals surface area contributed by atoms with Crippen molar-refractivity contribution in [3.63, 3.8) is 0 Å². The predicted octanol–water partition coefficient (Wildman–Crippen LogP) is 0.0904. The van der Waals surface area contributed by atoms with Gasteiger partial charge in [-0.05, 0) is 9.91 Å². The van der Waals surface area contributed by atoms with E-state index in [1.807, 2.05) is 0 Å². The van der Waals surface area contributed by atoms with Crippen molar-refractivity contribution in [2.24, 2.45) is 0 Å². The molecule has 1 aromatic rings. The first kappa shape index (κ1) is 6.40. The van der Waals surface area contributed by atoms with Crippen molar-refractivity contribution in [2.75, 3.05) is 0 Å². The zero-order valence-corrected chi connectivity index (χ0v) is 4.76. The van der Waals surface area contributed by atoms with Gasteiger partial charge in [0.15, 0.2) is 0 Å². The molecule has 1 N–H and O–H groups in total. The van der Waals surface area contributed by atoms with E-state index in [1.54, 1.807) is 0 Å². The van der Waals surface area contributed by atoms with Crippen LogP contribution < -0.4 is 0 Å². The minimum atomic E-state index is -0.781. The molecule has 0 amide bonds. The maximum absolute atomic E-state index is 9.98. The molecule has 10 heavy (non-hydrogen) atoms. The van der Waals surface area contributed by atoms with Crippen molar-refractivity contribution in [3.05, 3.63) is 22.6 Å². The highest BCUT2D eigenvalue weighted by molar-refractivity contribution is 5.33. The number of aromatic nitrogens is 2. The third kappa shape index (κ3) is 0.993. The highest BCUT2D eigenvalue weighted by atomic mass is 16.6. The quantitative estimate of drug-likeness (QED) is 0.442. The van der Waals surface area contributed by atoms with Gasteiger partial charge in [0.25, 0.3) is 0 Å². The molecular formula is C4H3N3O3. The van der Waals surface area contributed by atoms with E-state index in [-0.39, 0.29) is 0 Å². The molecule has 0 saturated carbocycles. The lowest BCUT2D eigenvalue weighted by Crippen LogP contribution is -1.92. The summed E-state index contributed by atoms with van der Waals surface area (Å²) in [5, 5.41) is 18.7. The fourth-order valence-electron chi connectivity index (χ4n) is 0.456. The van der Waals surface area contributed by atoms with E-state index in [2.05, 4.69) is 9.97 Å². The Hall–Kier alpha value is -1.72. The first-order valence-electron chi connectivity index (χ1n) is 2.35. The minimum Gasteiger partial charge on any atom is -0.500 e. The Bertz CT molecular complexity index is 262. The molecule has 0 unspecified atom stereocenters. The molecule has 0 aliphatic rings. The first-order valence-corrected chi connectivity index (χ1v) is 2.35. The van der Waals surface area contributed by atoms with Crippen LogP contribution in [0.3, 0.4) is 0 Å². The van der Waals surface area contributed by atoms with Crippen LogP contribution >= 0.6 is 0 Å². The van der Waals surface area contributed by atoms with Crippen molar-refractivity contribution in [1.29, 1.82) is 0 Å². The van der Waals surface area contributed by atoms with Gasteiger partial charge in [0.1, 0.15) is 0 Å². The summed E-state index contributed by atoms with van der Waals surface area (Å²) in [6, 6.07) is 0. The number of aromatic hydroxyl groups is 1. The number of hydrogen-bond acceptors (Lipinski definition) is 5. The molecule has 6 nitrogen and oxygen atoms in total. The average Bonchev–Trinajstić information content (AvgIpc) is 1.88. The maximum atomic E-state index is 9.98. The SMILES string of the molecule is O=[N+]([O-])c1ncncc1O. The van der Waals surface area contributed by atoms with Crippen molar-refractivity contribution < 1.29 is 10.0 Å². The lowest BCUT2D eigenvalue weighted by molar-refractivity contribution is -0.390. The second-order valence-corrected chi connectivity index (χ2v) is 1.49. The number of nitrogens with zero attached hydrogens (tertiary/aromatic N) is 3. The number of hydrogen-bond donors (Lipinski definition) is 1. The zero-order chi connectivity index (χ0) is 7.56. The van der Waals surface area contributed by atoms with Gasteiger partial charge >= 0.3 is 5.82 Å². The van der Waals surface area contributed by atoms with E-state index in [9.17, 15) is 10.1 Å². The van der Waals surface area contributed by atoms with Gasteiger partial charge in [-0.3, -0.25) is 0 Å². The topological polar surface area (TPSA) is 89.2 Å². The normalized spacial score (nSPS) is 9.20. The molecule has 0 aliphatic heterocycles. The van der Waals surface area contributed by atoms with Crippen LogP contribution in [-0.4, -0.2) is 20.0 Å². The summed E-state index contributed by atoms with van der Waals surface area (Å²) >= 11 is 0. The van der Waals surface area contributed by atoms with Crippen molar-refractivity contribution in [2.45, 2.75) is 0 Å². The lowest BCUT2D eigenvalue weighted by Gasteiger charge is -1.91. The number of rotatable bonds is 1. The summed E-state index contributed by atoms with van der Waals surface area (Å²) in [7, 11) is 0. The molecule has 0 atom stereocenters. The van der Waals surface area contributed by atoms with E-state index in [0.717, 1.165) is 12.5 Å². The van der Waals surface area contributed by atoms with E-state index in [4.69, 9.17) is 5.11 Å². The van der Waals surface area contributed by atoms with Gasteiger partial charge in [-0.2, -0.15) is 0 Å². The summed E-state index contributed by atoms with van der Waals surface area (Å²) in [5.74, 6) is -1.09. The van der Waals surface area contributed by atoms with Gasteiger partial charge in [0, 0.05) is 0 Å². The molecule has 1 rings (SSSR count). The Kier molecular flexibility index (Phi) is 1.44. The summed E-state index contributed by atoms with van der Waals surface area (Å²) < 4.78 is 0. The lowest BCUT2D eigenvalue weighted by atomic mass is 10.5. The van der Waals surface area contributed by atoms with Crippen LogP contribution in [0.5, 0.6) is 5.75 Å². The smallest absolute Gasteiger partial charge is 0.409 e. The molecule has 0 saturated heterocycles. The minimum absolute atomic E-state index is 0.521. The Balaban J connectivity index is 3.15. The summed E-state index contributed by atoms with van der Waals surface area (Å²) in [5.41, 5.74) is 0. The van der Waals surface area contributed by atoms with Crippen LogP contribution in [0.4, 0.5) is 5.82 Å². The van der Waals surface area contributed by atoms with Crippen molar-refractivity contribution >= 4 is 5.82 Å². The Morgan fingerprint density at radius 3 is 2.80 bits per heavy atom. The first-order chi connectivity index (χ1) is 4.72. The second-order valence-electron chi connectivity index (χ2n) is 1.49. The highest BCUT2D eigenvalue weighted by Gasteiger charge is 2.12. The van der Waals surface area contributed by atoms with Gasteiger partial charge in [-0.15, -0.1) is 0 Å². The maximum Gasteiger partial charge on any atom is 0.409 e. The van der Waals surface area contributed by atoms with Crippen molar-refractivity contribution in [3.8, 4) is 5.75 Å². The second kappa shape index (κ2) is 2.26. The van der Waals surface area contributed by atoms with E-state index in [0.29, 0.717) is 0 Å². The fourth-order valence-corrected chi connectivity index (χ4v) is 0.456. The van der Waals surface area contributed by atoms with Gasteiger partial charge < -0.3 is 15.2 Å². The average molecular weight is 141 g/mol. The molecule has 52 valence electrons. The highest BCUT2D eigenvalue weighted by Crippen LogP contribution is 2.18. The van der Waals surface area contributed by atoms with Gasteiger partial charge in [0.2, 0.25) is 12.1 Å². The molecule has 0 aromatic carbocycles. The van der Waals surface area contributed by atoms with Crippen LogP contribution in [0.1, 0.15) is 0 Å². The van der Waals surface area contributed by atoms with Crippen LogP contribution in [0.15, 0.2) is 12.5 Å². The van der Waals surface area contributed by atoms with Gasteiger partial charge in [-0.1, -0.05) is 0 Å². The standard InChI is InChI=1S/C4H3N3O3/c8-3-1-5-2-6-4(3)7(9)10/h1-2,8H. The van der Waals surface area contributed by atoms with Crippen LogP contribution in [0.25, 0.3) is 0 Å². The molecule has 1 heterocycles. The predicted molar refractivity (Wildman–Crippen MR) is 30.4 cm³/mol. The molecule has 0 aliphatic carbocycles. The molecule has 0 radical (unpaired) electrons. The largest absolute Gasteiger partial charge is 0.500 e. The van der Waals surface area contributed by atoms with E-state index < -0.39 is 16.5 Å². The summed E-state index contributed by atoms with van der Waals surface area (Å²) in [4.78, 5) is 15.8. The monoisotopic (exact) mass is 141 g/mol. The molecule has 0 bridgehead atoms. The van der Waals surface area contributed by atoms with Crippen LogP contribution in [-0.2, 0) is 0 Å². The fraction of sp³-hybridized carbons (Fsp3) is 0.